The Balaban J connectivity index is 1.93. The summed E-state index contributed by atoms with van der Waals surface area (Å²) in [5.41, 5.74) is 0. The lowest BCUT2D eigenvalue weighted by Crippen LogP contribution is -2.43. The van der Waals surface area contributed by atoms with E-state index in [0.29, 0.717) is 0 Å². The summed E-state index contributed by atoms with van der Waals surface area (Å²) in [5.74, 6) is 6.56. The molecular weight excluding hydrogens is 214 g/mol. The molecule has 1 heterocycles. The molecule has 0 bridgehead atoms. The van der Waals surface area contributed by atoms with Gasteiger partial charge in [-0.2, -0.15) is 11.8 Å². The Morgan fingerprint density at radius 1 is 1.06 bits per heavy atom. The van der Waals surface area contributed by atoms with Gasteiger partial charge in [-0.1, -0.05) is 20.3 Å². The molecule has 0 aromatic rings. The molecule has 0 radical (unpaired) electrons. The van der Waals surface area contributed by atoms with Crippen LogP contribution in [0.5, 0.6) is 0 Å². The molecule has 2 aliphatic rings. The molecule has 2 heteroatoms. The Morgan fingerprint density at radius 3 is 2.44 bits per heavy atom. The lowest BCUT2D eigenvalue weighted by Gasteiger charge is -2.39. The van der Waals surface area contributed by atoms with Crippen molar-refractivity contribution in [1.29, 1.82) is 0 Å². The van der Waals surface area contributed by atoms with Crippen molar-refractivity contribution < 1.29 is 0 Å². The Hall–Kier alpha value is 0.310. The molecule has 5 unspecified atom stereocenters. The Morgan fingerprint density at radius 2 is 1.88 bits per heavy atom. The van der Waals surface area contributed by atoms with Gasteiger partial charge >= 0.3 is 0 Å². The summed E-state index contributed by atoms with van der Waals surface area (Å²) in [5, 5.41) is 3.64. The highest BCUT2D eigenvalue weighted by Gasteiger charge is 2.34. The quantitative estimate of drug-likeness (QED) is 0.813. The monoisotopic (exact) mass is 241 g/mol. The number of rotatable bonds is 3. The van der Waals surface area contributed by atoms with E-state index in [4.69, 9.17) is 0 Å². The van der Waals surface area contributed by atoms with E-state index in [0.717, 1.165) is 29.7 Å². The summed E-state index contributed by atoms with van der Waals surface area (Å²) >= 11 is 2.15. The van der Waals surface area contributed by atoms with Gasteiger partial charge < -0.3 is 5.32 Å². The summed E-state index contributed by atoms with van der Waals surface area (Å²) in [6, 6.07) is 0.796. The molecule has 0 aromatic carbocycles. The highest BCUT2D eigenvalue weighted by atomic mass is 32.2. The third-order valence-electron chi connectivity index (χ3n) is 4.95. The predicted octanol–water partition coefficient (Wildman–Crippen LogP) is 3.40. The van der Waals surface area contributed by atoms with E-state index < -0.39 is 0 Å². The van der Waals surface area contributed by atoms with E-state index in [1.165, 1.54) is 37.2 Å². The fraction of sp³-hybridized carbons (Fsp3) is 1.00. The van der Waals surface area contributed by atoms with Gasteiger partial charge in [0.2, 0.25) is 0 Å². The van der Waals surface area contributed by atoms with Crippen LogP contribution in [-0.4, -0.2) is 24.6 Å². The summed E-state index contributed by atoms with van der Waals surface area (Å²) in [6.45, 7) is 4.88. The zero-order valence-electron chi connectivity index (χ0n) is 11.0. The molecule has 0 aromatic heterocycles. The minimum atomic E-state index is 0.796. The maximum absolute atomic E-state index is 3.64. The van der Waals surface area contributed by atoms with Crippen molar-refractivity contribution in [2.45, 2.75) is 45.6 Å². The average molecular weight is 241 g/mol. The van der Waals surface area contributed by atoms with Crippen molar-refractivity contribution in [3.8, 4) is 0 Å². The van der Waals surface area contributed by atoms with Crippen LogP contribution in [0.2, 0.25) is 0 Å². The third-order valence-corrected chi connectivity index (χ3v) is 6.14. The summed E-state index contributed by atoms with van der Waals surface area (Å²) in [4.78, 5) is 0. The fourth-order valence-corrected chi connectivity index (χ4v) is 4.92. The number of nitrogens with one attached hydrogen (secondary N) is 1. The van der Waals surface area contributed by atoms with Gasteiger partial charge in [-0.3, -0.25) is 0 Å². The van der Waals surface area contributed by atoms with E-state index in [1.807, 2.05) is 0 Å². The molecular formula is C14H27NS. The number of thioether (sulfide) groups is 1. The van der Waals surface area contributed by atoms with E-state index in [1.54, 1.807) is 0 Å². The second-order valence-electron chi connectivity index (χ2n) is 5.97. The van der Waals surface area contributed by atoms with Crippen molar-refractivity contribution >= 4 is 11.8 Å². The van der Waals surface area contributed by atoms with Gasteiger partial charge in [0.05, 0.1) is 0 Å². The number of hydrogen-bond donors (Lipinski definition) is 1. The molecule has 1 nitrogen and oxygen atoms in total. The van der Waals surface area contributed by atoms with E-state index >= 15 is 0 Å². The topological polar surface area (TPSA) is 12.0 Å². The first-order valence-electron chi connectivity index (χ1n) is 6.97. The largest absolute Gasteiger partial charge is 0.316 e. The van der Waals surface area contributed by atoms with Crippen LogP contribution in [-0.2, 0) is 0 Å². The molecule has 94 valence electrons. The molecule has 1 aliphatic heterocycles. The molecule has 2 rings (SSSR count). The molecule has 1 N–H and O–H groups in total. The lowest BCUT2D eigenvalue weighted by atomic mass is 9.71. The minimum absolute atomic E-state index is 0.796. The van der Waals surface area contributed by atoms with Crippen molar-refractivity contribution in [3.63, 3.8) is 0 Å². The molecule has 1 saturated carbocycles. The van der Waals surface area contributed by atoms with Crippen molar-refractivity contribution in [3.05, 3.63) is 0 Å². The van der Waals surface area contributed by atoms with Crippen LogP contribution in [0.15, 0.2) is 0 Å². The van der Waals surface area contributed by atoms with Gasteiger partial charge in [0.15, 0.2) is 0 Å². The van der Waals surface area contributed by atoms with Gasteiger partial charge in [-0.05, 0) is 61.5 Å². The summed E-state index contributed by atoms with van der Waals surface area (Å²) in [6.07, 6.45) is 5.80. The minimum Gasteiger partial charge on any atom is -0.316 e. The van der Waals surface area contributed by atoms with Crippen LogP contribution < -0.4 is 5.32 Å². The molecule has 0 spiro atoms. The van der Waals surface area contributed by atoms with Gasteiger partial charge in [0, 0.05) is 6.04 Å². The highest BCUT2D eigenvalue weighted by molar-refractivity contribution is 7.99. The first-order chi connectivity index (χ1) is 7.72. The molecule has 1 saturated heterocycles. The van der Waals surface area contributed by atoms with Crippen molar-refractivity contribution in [2.75, 3.05) is 18.6 Å². The predicted molar refractivity (Wildman–Crippen MR) is 73.9 cm³/mol. The second kappa shape index (κ2) is 5.77. The number of hydrogen-bond acceptors (Lipinski definition) is 2. The summed E-state index contributed by atoms with van der Waals surface area (Å²) < 4.78 is 0. The van der Waals surface area contributed by atoms with Gasteiger partial charge in [-0.25, -0.2) is 0 Å². The fourth-order valence-electron chi connectivity index (χ4n) is 3.61. The maximum atomic E-state index is 3.64. The van der Waals surface area contributed by atoms with E-state index in [9.17, 15) is 0 Å². The van der Waals surface area contributed by atoms with Gasteiger partial charge in [-0.15, -0.1) is 0 Å². The van der Waals surface area contributed by atoms with Gasteiger partial charge in [0.1, 0.15) is 0 Å². The van der Waals surface area contributed by atoms with E-state index in [-0.39, 0.29) is 0 Å². The third kappa shape index (κ3) is 2.76. The zero-order chi connectivity index (χ0) is 11.5. The van der Waals surface area contributed by atoms with Crippen LogP contribution in [0, 0.1) is 23.7 Å². The first kappa shape index (κ1) is 12.8. The lowest BCUT2D eigenvalue weighted by molar-refractivity contribution is 0.151. The maximum Gasteiger partial charge on any atom is 0.0129 e. The molecule has 0 amide bonds. The van der Waals surface area contributed by atoms with Crippen molar-refractivity contribution in [1.82, 2.24) is 5.32 Å². The standard InChI is InChI=1S/C14H27NS/c1-10-4-5-12(8-11(10)2)14(15-3)13-6-7-16-9-13/h10-15H,4-9H2,1-3H3. The van der Waals surface area contributed by atoms with Gasteiger partial charge in [0.25, 0.3) is 0 Å². The Kier molecular flexibility index (Phi) is 4.60. The normalized spacial score (nSPS) is 42.2. The Labute approximate surface area is 105 Å². The first-order valence-corrected chi connectivity index (χ1v) is 8.12. The zero-order valence-corrected chi connectivity index (χ0v) is 11.9. The van der Waals surface area contributed by atoms with Crippen LogP contribution in [0.1, 0.15) is 39.5 Å². The van der Waals surface area contributed by atoms with Crippen LogP contribution in [0.3, 0.4) is 0 Å². The van der Waals surface area contributed by atoms with Crippen molar-refractivity contribution in [2.24, 2.45) is 23.7 Å². The smallest absolute Gasteiger partial charge is 0.0129 e. The molecule has 2 fully saturated rings. The van der Waals surface area contributed by atoms with E-state index in [2.05, 4.69) is 38.0 Å². The second-order valence-corrected chi connectivity index (χ2v) is 7.12. The SMILES string of the molecule is CNC(C1CCSC1)C1CCC(C)C(C)C1. The molecule has 16 heavy (non-hydrogen) atoms. The average Bonchev–Trinajstić information content (AvgIpc) is 2.78. The van der Waals surface area contributed by atoms with Crippen LogP contribution in [0.4, 0.5) is 0 Å². The Bertz CT molecular complexity index is 213. The van der Waals surface area contributed by atoms with Crippen LogP contribution >= 0.6 is 11.8 Å². The van der Waals surface area contributed by atoms with Crippen LogP contribution in [0.25, 0.3) is 0 Å². The summed E-state index contributed by atoms with van der Waals surface area (Å²) in [7, 11) is 2.18. The molecule has 1 aliphatic carbocycles. The molecule has 5 atom stereocenters. The highest BCUT2D eigenvalue weighted by Crippen LogP contribution is 2.39.